The fourth-order valence-corrected chi connectivity index (χ4v) is 4.38. The van der Waals surface area contributed by atoms with E-state index in [1.807, 2.05) is 33.8 Å². The fraction of sp³-hybridized carbons (Fsp3) is 0.556. The first-order chi connectivity index (χ1) is 12.2. The lowest BCUT2D eigenvalue weighted by molar-refractivity contribution is 0.124. The lowest BCUT2D eigenvalue weighted by atomic mass is 9.96. The van der Waals surface area contributed by atoms with Gasteiger partial charge in [-0.25, -0.2) is 8.42 Å². The Bertz CT molecular complexity index is 835. The van der Waals surface area contributed by atoms with Gasteiger partial charge in [0.25, 0.3) is 0 Å². The van der Waals surface area contributed by atoms with E-state index in [1.165, 1.54) is 0 Å². The summed E-state index contributed by atoms with van der Waals surface area (Å²) in [4.78, 5) is 7.04. The Kier molecular flexibility index (Phi) is 5.18. The van der Waals surface area contributed by atoms with Crippen molar-refractivity contribution in [2.24, 2.45) is 0 Å². The van der Waals surface area contributed by atoms with Crippen molar-refractivity contribution in [1.29, 1.82) is 0 Å². The Morgan fingerprint density at radius 3 is 2.23 bits per heavy atom. The Hall–Kier alpha value is -1.77. The molecule has 0 amide bonds. The first-order valence-electron chi connectivity index (χ1n) is 8.83. The van der Waals surface area contributed by atoms with Gasteiger partial charge in [-0.1, -0.05) is 44.1 Å². The van der Waals surface area contributed by atoms with Gasteiger partial charge in [0.2, 0.25) is 15.9 Å². The molecule has 1 aliphatic rings. The third kappa shape index (κ3) is 3.82. The molecule has 1 saturated heterocycles. The Morgan fingerprint density at radius 2 is 1.69 bits per heavy atom. The van der Waals surface area contributed by atoms with Crippen molar-refractivity contribution in [2.75, 3.05) is 26.2 Å². The van der Waals surface area contributed by atoms with Crippen LogP contribution in [0.2, 0.25) is 0 Å². The number of aromatic nitrogens is 2. The number of nitrogens with zero attached hydrogens (tertiary/aromatic N) is 4. The van der Waals surface area contributed by atoms with Crippen molar-refractivity contribution in [3.63, 3.8) is 0 Å². The van der Waals surface area contributed by atoms with E-state index in [1.54, 1.807) is 28.6 Å². The van der Waals surface area contributed by atoms with Crippen LogP contribution in [-0.2, 0) is 15.4 Å². The molecule has 1 unspecified atom stereocenters. The van der Waals surface area contributed by atoms with E-state index in [0.29, 0.717) is 42.8 Å². The molecular formula is C18H26N4O3S. The van der Waals surface area contributed by atoms with E-state index in [0.717, 1.165) is 0 Å². The summed E-state index contributed by atoms with van der Waals surface area (Å²) in [5, 5.41) is 4.08. The van der Waals surface area contributed by atoms with Crippen LogP contribution in [0.3, 0.4) is 0 Å². The summed E-state index contributed by atoms with van der Waals surface area (Å²) in [7, 11) is -3.44. The van der Waals surface area contributed by atoms with E-state index in [2.05, 4.69) is 15.0 Å². The molecule has 2 aromatic rings. The summed E-state index contributed by atoms with van der Waals surface area (Å²) in [5.74, 6) is 1.26. The van der Waals surface area contributed by atoms with Crippen LogP contribution in [0.4, 0.5) is 0 Å². The third-order valence-corrected chi connectivity index (χ3v) is 6.58. The molecule has 8 heteroatoms. The highest BCUT2D eigenvalue weighted by atomic mass is 32.2. The number of benzene rings is 1. The van der Waals surface area contributed by atoms with Crippen molar-refractivity contribution < 1.29 is 12.9 Å². The zero-order valence-corrected chi connectivity index (χ0v) is 16.5. The lowest BCUT2D eigenvalue weighted by Crippen LogP contribution is -2.49. The second-order valence-corrected chi connectivity index (χ2v) is 9.57. The predicted octanol–water partition coefficient (Wildman–Crippen LogP) is 2.43. The van der Waals surface area contributed by atoms with Gasteiger partial charge >= 0.3 is 0 Å². The summed E-state index contributed by atoms with van der Waals surface area (Å²) in [6.07, 6.45) is 0. The van der Waals surface area contributed by atoms with Crippen LogP contribution in [-0.4, -0.2) is 53.9 Å². The first kappa shape index (κ1) is 19.0. The topological polar surface area (TPSA) is 79.5 Å². The van der Waals surface area contributed by atoms with Gasteiger partial charge in [-0.15, -0.1) is 0 Å². The minimum Gasteiger partial charge on any atom is -0.338 e. The summed E-state index contributed by atoms with van der Waals surface area (Å²) in [5.41, 5.74) is -0.163. The summed E-state index contributed by atoms with van der Waals surface area (Å²) in [6.45, 7) is 10.3. The molecule has 1 aromatic heterocycles. The first-order valence-corrected chi connectivity index (χ1v) is 10.3. The molecule has 1 aliphatic heterocycles. The molecule has 1 atom stereocenters. The summed E-state index contributed by atoms with van der Waals surface area (Å²) >= 11 is 0. The van der Waals surface area contributed by atoms with Gasteiger partial charge in [-0.2, -0.15) is 9.29 Å². The van der Waals surface area contributed by atoms with Crippen LogP contribution in [0.5, 0.6) is 0 Å². The molecule has 0 aliphatic carbocycles. The fourth-order valence-electron chi connectivity index (χ4n) is 2.94. The number of hydrogen-bond acceptors (Lipinski definition) is 6. The Balaban J connectivity index is 1.66. The van der Waals surface area contributed by atoms with Gasteiger partial charge in [0.05, 0.1) is 10.9 Å². The van der Waals surface area contributed by atoms with Gasteiger partial charge < -0.3 is 4.52 Å². The molecule has 7 nitrogen and oxygen atoms in total. The molecule has 142 valence electrons. The molecule has 26 heavy (non-hydrogen) atoms. The number of hydrogen-bond donors (Lipinski definition) is 0. The smallest absolute Gasteiger partial charge is 0.243 e. The van der Waals surface area contributed by atoms with E-state index in [-0.39, 0.29) is 11.5 Å². The van der Waals surface area contributed by atoms with Crippen LogP contribution in [0.1, 0.15) is 45.5 Å². The second-order valence-electron chi connectivity index (χ2n) is 7.64. The van der Waals surface area contributed by atoms with Crippen molar-refractivity contribution >= 4 is 10.0 Å². The molecule has 0 radical (unpaired) electrons. The van der Waals surface area contributed by atoms with Crippen molar-refractivity contribution in [3.05, 3.63) is 42.0 Å². The van der Waals surface area contributed by atoms with E-state index >= 15 is 0 Å². The van der Waals surface area contributed by atoms with Crippen LogP contribution >= 0.6 is 0 Å². The highest BCUT2D eigenvalue weighted by Crippen LogP contribution is 2.25. The maximum atomic E-state index is 12.7. The zero-order valence-electron chi connectivity index (χ0n) is 15.7. The van der Waals surface area contributed by atoms with Gasteiger partial charge in [-0.3, -0.25) is 4.90 Å². The lowest BCUT2D eigenvalue weighted by Gasteiger charge is -2.36. The minimum atomic E-state index is -3.44. The maximum Gasteiger partial charge on any atom is 0.243 e. The summed E-state index contributed by atoms with van der Waals surface area (Å²) < 4.78 is 32.4. The standard InChI is InChI=1S/C18H26N4O3S/c1-14(16-19-17(20-25-16)18(2,3)4)21-10-12-22(13-11-21)26(23,24)15-8-6-5-7-9-15/h5-9,14H,10-13H2,1-4H3. The van der Waals surface area contributed by atoms with Crippen LogP contribution < -0.4 is 0 Å². The van der Waals surface area contributed by atoms with Crippen molar-refractivity contribution in [1.82, 2.24) is 19.3 Å². The summed E-state index contributed by atoms with van der Waals surface area (Å²) in [6, 6.07) is 8.53. The Morgan fingerprint density at radius 1 is 1.08 bits per heavy atom. The van der Waals surface area contributed by atoms with Gasteiger partial charge in [-0.05, 0) is 19.1 Å². The molecule has 0 bridgehead atoms. The largest absolute Gasteiger partial charge is 0.338 e. The van der Waals surface area contributed by atoms with Crippen LogP contribution in [0.15, 0.2) is 39.8 Å². The van der Waals surface area contributed by atoms with Crippen molar-refractivity contribution in [3.8, 4) is 0 Å². The number of rotatable bonds is 4. The van der Waals surface area contributed by atoms with E-state index < -0.39 is 10.0 Å². The van der Waals surface area contributed by atoms with Gasteiger partial charge in [0, 0.05) is 31.6 Å². The molecule has 3 rings (SSSR count). The maximum absolute atomic E-state index is 12.7. The SMILES string of the molecule is CC(c1nc(C(C)(C)C)no1)N1CCN(S(=O)(=O)c2ccccc2)CC1. The van der Waals surface area contributed by atoms with Crippen LogP contribution in [0, 0.1) is 0 Å². The monoisotopic (exact) mass is 378 g/mol. The average molecular weight is 378 g/mol. The van der Waals surface area contributed by atoms with E-state index in [9.17, 15) is 8.42 Å². The average Bonchev–Trinajstić information content (AvgIpc) is 3.12. The molecule has 0 spiro atoms. The number of piperazine rings is 1. The van der Waals surface area contributed by atoms with E-state index in [4.69, 9.17) is 4.52 Å². The third-order valence-electron chi connectivity index (χ3n) is 4.67. The predicted molar refractivity (Wildman–Crippen MR) is 98.2 cm³/mol. The molecule has 0 N–H and O–H groups in total. The highest BCUT2D eigenvalue weighted by molar-refractivity contribution is 7.89. The molecule has 2 heterocycles. The second kappa shape index (κ2) is 7.09. The zero-order chi connectivity index (χ0) is 18.9. The molecular weight excluding hydrogens is 352 g/mol. The molecule has 1 aromatic carbocycles. The van der Waals surface area contributed by atoms with Gasteiger partial charge in [0.15, 0.2) is 5.82 Å². The minimum absolute atomic E-state index is 0.0415. The molecule has 1 fully saturated rings. The van der Waals surface area contributed by atoms with Crippen molar-refractivity contribution in [2.45, 2.75) is 44.0 Å². The quantitative estimate of drug-likeness (QED) is 0.813. The Labute approximate surface area is 155 Å². The molecule has 0 saturated carbocycles. The highest BCUT2D eigenvalue weighted by Gasteiger charge is 2.32. The normalized spacial score (nSPS) is 18.8. The number of sulfonamides is 1. The van der Waals surface area contributed by atoms with Crippen LogP contribution in [0.25, 0.3) is 0 Å². The van der Waals surface area contributed by atoms with Gasteiger partial charge in [0.1, 0.15) is 0 Å².